The molecule has 0 saturated carbocycles. The van der Waals surface area contributed by atoms with Gasteiger partial charge in [-0.15, -0.1) is 0 Å². The Morgan fingerprint density at radius 1 is 1.07 bits per heavy atom. The van der Waals surface area contributed by atoms with Gasteiger partial charge in [-0.2, -0.15) is 0 Å². The van der Waals surface area contributed by atoms with Gasteiger partial charge >= 0.3 is 0 Å². The Kier molecular flexibility index (Phi) is 3.89. The number of fused-ring (bicyclic) bond motifs is 3. The molecule has 0 amide bonds. The van der Waals surface area contributed by atoms with Gasteiger partial charge in [0.1, 0.15) is 24.0 Å². The van der Waals surface area contributed by atoms with Crippen LogP contribution in [0, 0.1) is 5.82 Å². The molecular weight excluding hydrogens is 379 g/mol. The van der Waals surface area contributed by atoms with Gasteiger partial charge in [-0.3, -0.25) is 0 Å². The average Bonchev–Trinajstić information content (AvgIpc) is 3.47. The molecular formula is C21H19FN2O5. The lowest BCUT2D eigenvalue weighted by Crippen LogP contribution is -2.34. The van der Waals surface area contributed by atoms with Crippen molar-refractivity contribution in [2.24, 2.45) is 0 Å². The van der Waals surface area contributed by atoms with E-state index in [0.717, 1.165) is 16.7 Å². The molecule has 150 valence electrons. The number of ether oxygens (including phenoxy) is 4. The first kappa shape index (κ1) is 17.3. The van der Waals surface area contributed by atoms with Crippen molar-refractivity contribution in [1.29, 1.82) is 0 Å². The van der Waals surface area contributed by atoms with Crippen LogP contribution in [0.15, 0.2) is 30.3 Å². The Morgan fingerprint density at radius 2 is 1.93 bits per heavy atom. The second-order valence-corrected chi connectivity index (χ2v) is 7.68. The summed E-state index contributed by atoms with van der Waals surface area (Å²) in [6, 6.07) is 8.93. The number of aliphatic hydroxyl groups is 1. The van der Waals surface area contributed by atoms with Crippen molar-refractivity contribution >= 4 is 11.0 Å². The molecule has 3 aromatic rings. The summed E-state index contributed by atoms with van der Waals surface area (Å²) in [7, 11) is 0. The normalized spacial score (nSPS) is 28.1. The molecule has 3 aliphatic heterocycles. The molecule has 29 heavy (non-hydrogen) atoms. The molecule has 3 aliphatic rings. The summed E-state index contributed by atoms with van der Waals surface area (Å²) in [6.07, 6.45) is -1.65. The van der Waals surface area contributed by atoms with E-state index in [9.17, 15) is 9.50 Å². The van der Waals surface area contributed by atoms with Crippen LogP contribution in [0.25, 0.3) is 22.3 Å². The maximum atomic E-state index is 14.8. The molecule has 4 atom stereocenters. The molecule has 0 aliphatic carbocycles. The number of benzene rings is 1. The van der Waals surface area contributed by atoms with E-state index < -0.39 is 11.9 Å². The predicted octanol–water partition coefficient (Wildman–Crippen LogP) is 2.31. The van der Waals surface area contributed by atoms with Crippen molar-refractivity contribution in [1.82, 2.24) is 9.97 Å². The number of nitrogens with one attached hydrogen (secondary N) is 1. The van der Waals surface area contributed by atoms with Crippen LogP contribution in [-0.4, -0.2) is 52.7 Å². The van der Waals surface area contributed by atoms with E-state index in [1.165, 1.54) is 6.07 Å². The smallest absolute Gasteiger partial charge is 0.193 e. The number of halogens is 1. The predicted molar refractivity (Wildman–Crippen MR) is 99.9 cm³/mol. The van der Waals surface area contributed by atoms with Crippen molar-refractivity contribution in [2.45, 2.75) is 37.6 Å². The van der Waals surface area contributed by atoms with Crippen LogP contribution < -0.4 is 4.74 Å². The van der Waals surface area contributed by atoms with Crippen LogP contribution in [0.5, 0.6) is 5.88 Å². The lowest BCUT2D eigenvalue weighted by Gasteiger charge is -2.16. The zero-order valence-corrected chi connectivity index (χ0v) is 15.4. The Morgan fingerprint density at radius 3 is 2.86 bits per heavy atom. The summed E-state index contributed by atoms with van der Waals surface area (Å²) >= 11 is 0. The number of hydrogen-bond donors (Lipinski definition) is 2. The van der Waals surface area contributed by atoms with Crippen LogP contribution in [0.4, 0.5) is 4.39 Å². The highest BCUT2D eigenvalue weighted by atomic mass is 19.1. The van der Waals surface area contributed by atoms with Gasteiger partial charge in [-0.25, -0.2) is 9.37 Å². The molecule has 5 heterocycles. The summed E-state index contributed by atoms with van der Waals surface area (Å²) in [5.74, 6) is 0.0573. The van der Waals surface area contributed by atoms with Crippen molar-refractivity contribution in [2.75, 3.05) is 13.2 Å². The summed E-state index contributed by atoms with van der Waals surface area (Å²) in [6.45, 7) is 1.70. The summed E-state index contributed by atoms with van der Waals surface area (Å²) in [5.41, 5.74) is 4.37. The number of aromatic amines is 1. The van der Waals surface area contributed by atoms with Crippen LogP contribution in [0.2, 0.25) is 0 Å². The second-order valence-electron chi connectivity index (χ2n) is 7.68. The van der Waals surface area contributed by atoms with Gasteiger partial charge in [-0.1, -0.05) is 12.1 Å². The number of aromatic nitrogens is 2. The Bertz CT molecular complexity index is 1100. The molecule has 0 unspecified atom stereocenters. The Hall–Kier alpha value is -2.52. The topological polar surface area (TPSA) is 85.8 Å². The van der Waals surface area contributed by atoms with Crippen LogP contribution in [0.1, 0.15) is 11.1 Å². The van der Waals surface area contributed by atoms with Gasteiger partial charge in [0, 0.05) is 17.7 Å². The number of H-pyrrole nitrogens is 1. The Balaban J connectivity index is 1.30. The van der Waals surface area contributed by atoms with E-state index in [1.807, 2.05) is 18.2 Å². The van der Waals surface area contributed by atoms with Gasteiger partial charge < -0.3 is 29.0 Å². The molecule has 6 rings (SSSR count). The molecule has 2 aromatic heterocycles. The van der Waals surface area contributed by atoms with E-state index in [-0.39, 0.29) is 24.9 Å². The van der Waals surface area contributed by atoms with Crippen molar-refractivity contribution in [3.8, 4) is 17.1 Å². The molecule has 0 spiro atoms. The van der Waals surface area contributed by atoms with Crippen molar-refractivity contribution in [3.05, 3.63) is 47.3 Å². The first-order chi connectivity index (χ1) is 14.2. The standard InChI is InChI=1S/C21H19FN2O5/c22-13-4-14-15(24-19(13)10-1-2-11-6-26-7-12(11)3-10)5-18(23-14)29-17-9-28-20-16(25)8-27-21(17)20/h1-5,16-17,20-21,23,25H,6-9H2/t16-,17-,20-,21-/m1/s1. The zero-order chi connectivity index (χ0) is 19.5. The highest BCUT2D eigenvalue weighted by Gasteiger charge is 2.48. The monoisotopic (exact) mass is 398 g/mol. The lowest BCUT2D eigenvalue weighted by molar-refractivity contribution is 0.00794. The maximum Gasteiger partial charge on any atom is 0.193 e. The zero-order valence-electron chi connectivity index (χ0n) is 15.4. The quantitative estimate of drug-likeness (QED) is 0.704. The fourth-order valence-electron chi connectivity index (χ4n) is 4.30. The van der Waals surface area contributed by atoms with E-state index in [1.54, 1.807) is 6.07 Å². The maximum absolute atomic E-state index is 14.8. The van der Waals surface area contributed by atoms with E-state index in [2.05, 4.69) is 9.97 Å². The van der Waals surface area contributed by atoms with Crippen molar-refractivity contribution < 1.29 is 28.4 Å². The van der Waals surface area contributed by atoms with Gasteiger partial charge in [-0.05, 0) is 17.2 Å². The third kappa shape index (κ3) is 2.83. The third-order valence-corrected chi connectivity index (χ3v) is 5.79. The number of hydrogen-bond acceptors (Lipinski definition) is 6. The second kappa shape index (κ2) is 6.50. The summed E-state index contributed by atoms with van der Waals surface area (Å²) in [4.78, 5) is 7.57. The summed E-state index contributed by atoms with van der Waals surface area (Å²) < 4.78 is 37.3. The van der Waals surface area contributed by atoms with E-state index in [4.69, 9.17) is 18.9 Å². The van der Waals surface area contributed by atoms with Gasteiger partial charge in [0.2, 0.25) is 0 Å². The highest BCUT2D eigenvalue weighted by molar-refractivity contribution is 5.81. The largest absolute Gasteiger partial charge is 0.470 e. The lowest BCUT2D eigenvalue weighted by atomic mass is 10.0. The number of pyridine rings is 1. The van der Waals surface area contributed by atoms with Gasteiger partial charge in [0.25, 0.3) is 0 Å². The minimum Gasteiger partial charge on any atom is -0.470 e. The number of rotatable bonds is 3. The molecule has 2 saturated heterocycles. The average molecular weight is 398 g/mol. The molecule has 0 bridgehead atoms. The SMILES string of the molecule is O[C@@H]1CO[C@H]2[C@@H]1OC[C@H]2Oc1cc2nc(-c3ccc4c(c3)COC4)c(F)cc2[nH]1. The van der Waals surface area contributed by atoms with Crippen molar-refractivity contribution in [3.63, 3.8) is 0 Å². The fourth-order valence-corrected chi connectivity index (χ4v) is 4.30. The fraction of sp³-hybridized carbons (Fsp3) is 0.381. The number of nitrogens with zero attached hydrogens (tertiary/aromatic N) is 1. The Labute approximate surface area is 165 Å². The van der Waals surface area contributed by atoms with Crippen LogP contribution in [-0.2, 0) is 27.4 Å². The van der Waals surface area contributed by atoms with Gasteiger partial charge in [0.15, 0.2) is 17.8 Å². The first-order valence-electron chi connectivity index (χ1n) is 9.63. The minimum absolute atomic E-state index is 0.240. The molecule has 7 nitrogen and oxygen atoms in total. The van der Waals surface area contributed by atoms with Gasteiger partial charge in [0.05, 0.1) is 37.5 Å². The molecule has 8 heteroatoms. The number of aliphatic hydroxyl groups excluding tert-OH is 1. The molecule has 2 fully saturated rings. The van der Waals surface area contributed by atoms with Crippen LogP contribution >= 0.6 is 0 Å². The molecule has 1 aromatic carbocycles. The highest BCUT2D eigenvalue weighted by Crippen LogP contribution is 2.33. The van der Waals surface area contributed by atoms with E-state index >= 15 is 0 Å². The summed E-state index contributed by atoms with van der Waals surface area (Å²) in [5, 5.41) is 9.85. The first-order valence-corrected chi connectivity index (χ1v) is 9.63. The molecule has 2 N–H and O–H groups in total. The third-order valence-electron chi connectivity index (χ3n) is 5.79. The minimum atomic E-state index is -0.632. The van der Waals surface area contributed by atoms with E-state index in [0.29, 0.717) is 42.4 Å². The molecule has 0 radical (unpaired) electrons. The van der Waals surface area contributed by atoms with Crippen LogP contribution in [0.3, 0.4) is 0 Å².